The van der Waals surface area contributed by atoms with E-state index < -0.39 is 54.7 Å². The summed E-state index contributed by atoms with van der Waals surface area (Å²) in [4.78, 5) is 8.54. The van der Waals surface area contributed by atoms with Crippen LogP contribution in [0.25, 0.3) is 11.3 Å². The minimum absolute atomic E-state index is 0.0649. The Labute approximate surface area is 175 Å². The number of nitrogens with zero attached hydrogens (tertiary/aromatic N) is 4. The normalized spacial score (nSPS) is 24.1. The molecule has 0 amide bonds. The molecule has 1 aliphatic carbocycles. The first-order valence-corrected chi connectivity index (χ1v) is 9.39. The third kappa shape index (κ3) is 4.64. The minimum atomic E-state index is -4.82. The Hall–Kier alpha value is -2.51. The van der Waals surface area contributed by atoms with Crippen molar-refractivity contribution in [3.05, 3.63) is 29.8 Å². The Kier molecular flexibility index (Phi) is 5.14. The first kappa shape index (κ1) is 22.7. The largest absolute Gasteiger partial charge is 0.419 e. The van der Waals surface area contributed by atoms with Crippen LogP contribution < -0.4 is 5.73 Å². The number of anilines is 1. The molecule has 3 atom stereocenters. The van der Waals surface area contributed by atoms with Gasteiger partial charge in [-0.05, 0) is 17.9 Å². The van der Waals surface area contributed by atoms with Crippen LogP contribution in [0.5, 0.6) is 0 Å². The maximum atomic E-state index is 13.1. The number of nitrogen functional groups attached to an aromatic ring is 1. The van der Waals surface area contributed by atoms with E-state index in [1.807, 2.05) is 0 Å². The van der Waals surface area contributed by atoms with Crippen molar-refractivity contribution in [3.8, 4) is 11.3 Å². The quantitative estimate of drug-likeness (QED) is 0.673. The van der Waals surface area contributed by atoms with Gasteiger partial charge >= 0.3 is 18.5 Å². The molecule has 2 aliphatic rings. The molecule has 1 saturated carbocycles. The number of hydrogen-bond acceptors (Lipinski definition) is 4. The molecule has 0 aromatic carbocycles. The van der Waals surface area contributed by atoms with Crippen molar-refractivity contribution in [3.63, 3.8) is 0 Å². The fraction of sp³-hybridized carbons (Fsp3) is 0.556. The molecule has 4 rings (SSSR count). The van der Waals surface area contributed by atoms with Gasteiger partial charge in [-0.3, -0.25) is 4.90 Å². The number of halogens is 9. The molecule has 176 valence electrons. The molecule has 32 heavy (non-hydrogen) atoms. The number of imidazole rings is 1. The molecule has 0 bridgehead atoms. The van der Waals surface area contributed by atoms with E-state index in [0.29, 0.717) is 6.07 Å². The van der Waals surface area contributed by atoms with E-state index in [2.05, 4.69) is 9.97 Å². The maximum Gasteiger partial charge on any atom is 0.419 e. The molecular formula is C18H16F9N5. The highest BCUT2D eigenvalue weighted by atomic mass is 19.4. The van der Waals surface area contributed by atoms with E-state index in [0.717, 1.165) is 6.20 Å². The highest BCUT2D eigenvalue weighted by Gasteiger charge is 2.58. The standard InChI is InChI=1S/C18H16F9N5/c19-16(20,21)2-13-30-12(8-1-11(18(25,26)27)15(28)29-3-8)6-32(13)14-9-4-31(5-10(9)14)7-17(22,23)24/h1,3,6,9-10,14H,2,4-5,7H2,(H2,28,29)/t9-,10+,14?. The van der Waals surface area contributed by atoms with Crippen molar-refractivity contribution in [2.45, 2.75) is 31.0 Å². The van der Waals surface area contributed by atoms with Crippen molar-refractivity contribution in [2.24, 2.45) is 11.8 Å². The van der Waals surface area contributed by atoms with Gasteiger partial charge in [0.25, 0.3) is 0 Å². The molecule has 1 saturated heterocycles. The lowest BCUT2D eigenvalue weighted by atomic mass is 10.1. The fourth-order valence-corrected chi connectivity index (χ4v) is 4.36. The number of hydrogen-bond donors (Lipinski definition) is 1. The van der Waals surface area contributed by atoms with Crippen molar-refractivity contribution in [1.29, 1.82) is 0 Å². The van der Waals surface area contributed by atoms with E-state index in [-0.39, 0.29) is 36.2 Å². The topological polar surface area (TPSA) is 60.0 Å². The molecule has 0 radical (unpaired) electrons. The van der Waals surface area contributed by atoms with Crippen LogP contribution in [0.15, 0.2) is 18.5 Å². The summed E-state index contributed by atoms with van der Waals surface area (Å²) in [5, 5.41) is 0. The number of rotatable bonds is 4. The summed E-state index contributed by atoms with van der Waals surface area (Å²) in [5.41, 5.74) is 3.69. The number of aromatic nitrogens is 3. The van der Waals surface area contributed by atoms with Gasteiger partial charge in [-0.15, -0.1) is 0 Å². The van der Waals surface area contributed by atoms with E-state index in [1.54, 1.807) is 0 Å². The van der Waals surface area contributed by atoms with E-state index in [1.165, 1.54) is 15.7 Å². The number of piperidine rings is 1. The van der Waals surface area contributed by atoms with Gasteiger partial charge in [-0.2, -0.15) is 39.5 Å². The molecule has 14 heteroatoms. The Morgan fingerprint density at radius 2 is 1.59 bits per heavy atom. The maximum absolute atomic E-state index is 13.1. The summed E-state index contributed by atoms with van der Waals surface area (Å²) in [5.74, 6) is -1.78. The van der Waals surface area contributed by atoms with E-state index >= 15 is 0 Å². The second kappa shape index (κ2) is 7.25. The highest BCUT2D eigenvalue weighted by molar-refractivity contribution is 5.62. The first-order chi connectivity index (χ1) is 14.6. The second-order valence-corrected chi connectivity index (χ2v) is 8.02. The predicted molar refractivity (Wildman–Crippen MR) is 93.1 cm³/mol. The minimum Gasteiger partial charge on any atom is -0.383 e. The molecule has 1 aliphatic heterocycles. The lowest BCUT2D eigenvalue weighted by Crippen LogP contribution is -2.34. The van der Waals surface area contributed by atoms with Gasteiger partial charge in [-0.1, -0.05) is 0 Å². The lowest BCUT2D eigenvalue weighted by molar-refractivity contribution is -0.145. The summed E-state index contributed by atoms with van der Waals surface area (Å²) in [6.45, 7) is -0.973. The van der Waals surface area contributed by atoms with Crippen LogP contribution in [-0.4, -0.2) is 51.4 Å². The van der Waals surface area contributed by atoms with Crippen LogP contribution in [0.4, 0.5) is 45.3 Å². The van der Waals surface area contributed by atoms with Gasteiger partial charge in [0.15, 0.2) is 0 Å². The molecule has 0 spiro atoms. The summed E-state index contributed by atoms with van der Waals surface area (Å²) in [7, 11) is 0. The Balaban J connectivity index is 1.63. The third-order valence-electron chi connectivity index (χ3n) is 5.64. The molecule has 2 aromatic rings. The van der Waals surface area contributed by atoms with Crippen LogP contribution in [0.1, 0.15) is 17.4 Å². The van der Waals surface area contributed by atoms with Gasteiger partial charge in [0.05, 0.1) is 17.8 Å². The van der Waals surface area contributed by atoms with Gasteiger partial charge in [0.2, 0.25) is 0 Å². The summed E-state index contributed by atoms with van der Waals surface area (Å²) in [6.07, 6.45) is -13.1. The van der Waals surface area contributed by atoms with E-state index in [4.69, 9.17) is 5.73 Å². The lowest BCUT2D eigenvalue weighted by Gasteiger charge is -2.21. The molecule has 1 unspecified atom stereocenters. The SMILES string of the molecule is Nc1ncc(-c2cn(C3[C@H]4CN(CC(F)(F)F)C[C@@H]34)c(CC(F)(F)F)n2)cc1C(F)(F)F. The van der Waals surface area contributed by atoms with Gasteiger partial charge in [0.1, 0.15) is 18.1 Å². The summed E-state index contributed by atoms with van der Waals surface area (Å²) < 4.78 is 118. The van der Waals surface area contributed by atoms with Gasteiger partial charge in [-0.25, -0.2) is 9.97 Å². The third-order valence-corrected chi connectivity index (χ3v) is 5.64. The van der Waals surface area contributed by atoms with Gasteiger partial charge in [0, 0.05) is 37.1 Å². The van der Waals surface area contributed by atoms with Gasteiger partial charge < -0.3 is 10.3 Å². The number of pyridine rings is 1. The molecule has 5 nitrogen and oxygen atoms in total. The van der Waals surface area contributed by atoms with Crippen LogP contribution in [0.3, 0.4) is 0 Å². The molecule has 2 N–H and O–H groups in total. The number of alkyl halides is 9. The Morgan fingerprint density at radius 1 is 0.969 bits per heavy atom. The van der Waals surface area contributed by atoms with Crippen molar-refractivity contribution < 1.29 is 39.5 Å². The fourth-order valence-electron chi connectivity index (χ4n) is 4.36. The van der Waals surface area contributed by atoms with Crippen molar-refractivity contribution >= 4 is 5.82 Å². The van der Waals surface area contributed by atoms with Crippen LogP contribution >= 0.6 is 0 Å². The van der Waals surface area contributed by atoms with Crippen LogP contribution in [0, 0.1) is 11.8 Å². The van der Waals surface area contributed by atoms with Crippen molar-refractivity contribution in [1.82, 2.24) is 19.4 Å². The molecule has 2 aromatic heterocycles. The van der Waals surface area contributed by atoms with Crippen LogP contribution in [0.2, 0.25) is 0 Å². The number of fused-ring (bicyclic) bond motifs is 1. The molecule has 3 heterocycles. The summed E-state index contributed by atoms with van der Waals surface area (Å²) in [6, 6.07) is 0.160. The number of nitrogens with two attached hydrogens (primary N) is 1. The zero-order valence-corrected chi connectivity index (χ0v) is 16.1. The van der Waals surface area contributed by atoms with E-state index in [9.17, 15) is 39.5 Å². The zero-order chi connectivity index (χ0) is 23.6. The smallest absolute Gasteiger partial charge is 0.383 e. The zero-order valence-electron chi connectivity index (χ0n) is 16.1. The Bertz CT molecular complexity index is 996. The molecular weight excluding hydrogens is 457 g/mol. The highest BCUT2D eigenvalue weighted by Crippen LogP contribution is 2.56. The second-order valence-electron chi connectivity index (χ2n) is 8.02. The Morgan fingerprint density at radius 3 is 2.12 bits per heavy atom. The predicted octanol–water partition coefficient (Wildman–Crippen LogP) is 4.32. The summed E-state index contributed by atoms with van der Waals surface area (Å²) >= 11 is 0. The van der Waals surface area contributed by atoms with Crippen molar-refractivity contribution in [2.75, 3.05) is 25.4 Å². The average Bonchev–Trinajstić information content (AvgIpc) is 2.94. The molecule has 2 fully saturated rings. The first-order valence-electron chi connectivity index (χ1n) is 9.39. The van der Waals surface area contributed by atoms with Crippen LogP contribution in [-0.2, 0) is 12.6 Å². The average molecular weight is 473 g/mol. The monoisotopic (exact) mass is 473 g/mol. The number of likely N-dealkylation sites (tertiary alicyclic amines) is 1.